The molecule has 1 heterocycles. The number of fused-ring (bicyclic) bond motifs is 1. The molecule has 0 saturated heterocycles. The van der Waals surface area contributed by atoms with Gasteiger partial charge in [0.25, 0.3) is 0 Å². The molecule has 0 aliphatic heterocycles. The second-order valence-electron chi connectivity index (χ2n) is 4.40. The van der Waals surface area contributed by atoms with E-state index in [0.717, 1.165) is 10.9 Å². The number of nitrogens with zero attached hydrogens (tertiary/aromatic N) is 1. The van der Waals surface area contributed by atoms with Crippen LogP contribution in [0.2, 0.25) is 10.0 Å². The Labute approximate surface area is 122 Å². The molecule has 0 aliphatic rings. The normalized spacial score (nSPS) is 12.6. The Morgan fingerprint density at radius 3 is 2.84 bits per heavy atom. The van der Waals surface area contributed by atoms with Crippen molar-refractivity contribution in [2.75, 3.05) is 6.61 Å². The quantitative estimate of drug-likeness (QED) is 0.780. The van der Waals surface area contributed by atoms with E-state index in [4.69, 9.17) is 27.9 Å². The van der Waals surface area contributed by atoms with Crippen LogP contribution in [0.25, 0.3) is 10.9 Å². The van der Waals surface area contributed by atoms with Crippen LogP contribution >= 0.6 is 23.2 Å². The van der Waals surface area contributed by atoms with E-state index >= 15 is 0 Å². The van der Waals surface area contributed by atoms with Crippen molar-refractivity contribution in [3.63, 3.8) is 0 Å². The molecule has 3 nitrogen and oxygen atoms in total. The number of aromatic nitrogens is 1. The molecule has 0 spiro atoms. The van der Waals surface area contributed by atoms with Gasteiger partial charge < -0.3 is 9.30 Å². The third-order valence-electron chi connectivity index (χ3n) is 2.99. The highest BCUT2D eigenvalue weighted by Crippen LogP contribution is 2.31. The Morgan fingerprint density at radius 2 is 2.16 bits per heavy atom. The van der Waals surface area contributed by atoms with Crippen LogP contribution in [0, 0.1) is 0 Å². The second-order valence-corrected chi connectivity index (χ2v) is 5.25. The van der Waals surface area contributed by atoms with E-state index in [1.165, 1.54) is 0 Å². The van der Waals surface area contributed by atoms with Gasteiger partial charge >= 0.3 is 5.97 Å². The zero-order valence-electron chi connectivity index (χ0n) is 10.8. The molecule has 1 aromatic heterocycles. The summed E-state index contributed by atoms with van der Waals surface area (Å²) in [7, 11) is 0. The van der Waals surface area contributed by atoms with E-state index in [0.29, 0.717) is 23.1 Å². The molecule has 0 amide bonds. The van der Waals surface area contributed by atoms with Gasteiger partial charge in [-0.2, -0.15) is 0 Å². The fourth-order valence-electron chi connectivity index (χ4n) is 2.13. The maximum absolute atomic E-state index is 11.5. The van der Waals surface area contributed by atoms with E-state index in [9.17, 15) is 4.79 Å². The summed E-state index contributed by atoms with van der Waals surface area (Å²) in [4.78, 5) is 11.5. The van der Waals surface area contributed by atoms with Gasteiger partial charge in [0.15, 0.2) is 0 Å². The molecular weight excluding hydrogens is 285 g/mol. The number of benzene rings is 1. The predicted octanol–water partition coefficient (Wildman–Crippen LogP) is 4.46. The predicted molar refractivity (Wildman–Crippen MR) is 77.9 cm³/mol. The second kappa shape index (κ2) is 5.85. The number of ether oxygens (including phenoxy) is 1. The van der Waals surface area contributed by atoms with Gasteiger partial charge in [-0.15, -0.1) is 0 Å². The molecule has 2 aromatic rings. The molecule has 0 aliphatic carbocycles. The van der Waals surface area contributed by atoms with Crippen LogP contribution in [0.1, 0.15) is 26.3 Å². The van der Waals surface area contributed by atoms with Crippen molar-refractivity contribution in [1.82, 2.24) is 4.57 Å². The van der Waals surface area contributed by atoms with E-state index in [2.05, 4.69) is 0 Å². The maximum Gasteiger partial charge on any atom is 0.307 e. The molecule has 5 heteroatoms. The molecule has 0 fully saturated rings. The summed E-state index contributed by atoms with van der Waals surface area (Å²) in [6, 6.07) is 5.48. The number of halogens is 2. The number of carbonyl (C=O) groups excluding carboxylic acids is 1. The van der Waals surface area contributed by atoms with Crippen LogP contribution in [0.5, 0.6) is 0 Å². The average Bonchev–Trinajstić information content (AvgIpc) is 2.72. The summed E-state index contributed by atoms with van der Waals surface area (Å²) in [6.07, 6.45) is 2.23. The Balaban J connectivity index is 2.32. The zero-order valence-corrected chi connectivity index (χ0v) is 12.3. The maximum atomic E-state index is 11.5. The molecule has 0 bridgehead atoms. The van der Waals surface area contributed by atoms with Crippen LogP contribution in [-0.2, 0) is 9.53 Å². The molecule has 1 aromatic carbocycles. The fourth-order valence-corrected chi connectivity index (χ4v) is 2.67. The highest BCUT2D eigenvalue weighted by molar-refractivity contribution is 6.38. The largest absolute Gasteiger partial charge is 0.466 e. The zero-order chi connectivity index (χ0) is 14.0. The van der Waals surface area contributed by atoms with Gasteiger partial charge in [0.1, 0.15) is 0 Å². The van der Waals surface area contributed by atoms with E-state index in [1.807, 2.05) is 29.8 Å². The molecular formula is C14H15Cl2NO2. The summed E-state index contributed by atoms with van der Waals surface area (Å²) >= 11 is 12.2. The first-order valence-corrected chi connectivity index (χ1v) is 6.89. The van der Waals surface area contributed by atoms with Crippen molar-refractivity contribution in [2.24, 2.45) is 0 Å². The Hall–Kier alpha value is -1.19. The van der Waals surface area contributed by atoms with Crippen molar-refractivity contribution in [3.8, 4) is 0 Å². The van der Waals surface area contributed by atoms with Gasteiger partial charge in [-0.25, -0.2) is 0 Å². The Morgan fingerprint density at radius 1 is 1.42 bits per heavy atom. The van der Waals surface area contributed by atoms with E-state index in [-0.39, 0.29) is 12.0 Å². The van der Waals surface area contributed by atoms with Crippen LogP contribution in [0.3, 0.4) is 0 Å². The van der Waals surface area contributed by atoms with Crippen LogP contribution in [-0.4, -0.2) is 17.1 Å². The molecule has 1 atom stereocenters. The lowest BCUT2D eigenvalue weighted by atomic mass is 10.2. The summed E-state index contributed by atoms with van der Waals surface area (Å²) in [5.74, 6) is -0.204. The summed E-state index contributed by atoms with van der Waals surface area (Å²) < 4.78 is 6.96. The monoisotopic (exact) mass is 299 g/mol. The third-order valence-corrected chi connectivity index (χ3v) is 3.53. The topological polar surface area (TPSA) is 31.2 Å². The van der Waals surface area contributed by atoms with E-state index in [1.54, 1.807) is 13.0 Å². The first kappa shape index (κ1) is 14.2. The minimum Gasteiger partial charge on any atom is -0.466 e. The highest BCUT2D eigenvalue weighted by Gasteiger charge is 2.15. The van der Waals surface area contributed by atoms with Crippen molar-refractivity contribution in [1.29, 1.82) is 0 Å². The minimum atomic E-state index is -0.204. The lowest BCUT2D eigenvalue weighted by Crippen LogP contribution is -2.12. The van der Waals surface area contributed by atoms with Gasteiger partial charge in [-0.1, -0.05) is 23.2 Å². The lowest BCUT2D eigenvalue weighted by molar-refractivity contribution is -0.143. The standard InChI is InChI=1S/C14H15Cl2NO2/c1-3-19-14(18)6-9(2)17-5-4-11-12(16)7-10(15)8-13(11)17/h4-5,7-9H,3,6H2,1-2H3. The van der Waals surface area contributed by atoms with Gasteiger partial charge in [0.05, 0.1) is 23.6 Å². The number of hydrogen-bond donors (Lipinski definition) is 0. The first-order chi connectivity index (χ1) is 9.02. The molecule has 102 valence electrons. The number of esters is 1. The van der Waals surface area contributed by atoms with Crippen LogP contribution in [0.15, 0.2) is 24.4 Å². The molecule has 0 N–H and O–H groups in total. The molecule has 0 radical (unpaired) electrons. The van der Waals surface area contributed by atoms with E-state index < -0.39 is 0 Å². The van der Waals surface area contributed by atoms with Gasteiger partial charge in [-0.05, 0) is 32.0 Å². The Bertz CT molecular complexity index is 607. The highest BCUT2D eigenvalue weighted by atomic mass is 35.5. The number of carbonyl (C=O) groups is 1. The first-order valence-electron chi connectivity index (χ1n) is 6.14. The van der Waals surface area contributed by atoms with Crippen molar-refractivity contribution >= 4 is 40.1 Å². The molecule has 2 rings (SSSR count). The van der Waals surface area contributed by atoms with Crippen LogP contribution in [0.4, 0.5) is 0 Å². The average molecular weight is 300 g/mol. The summed E-state index contributed by atoms with van der Waals surface area (Å²) in [5.41, 5.74) is 0.925. The van der Waals surface area contributed by atoms with Gasteiger partial charge in [0.2, 0.25) is 0 Å². The number of hydrogen-bond acceptors (Lipinski definition) is 2. The molecule has 1 unspecified atom stereocenters. The number of rotatable bonds is 4. The minimum absolute atomic E-state index is 0.00826. The molecule has 0 saturated carbocycles. The lowest BCUT2D eigenvalue weighted by Gasteiger charge is -2.14. The fraction of sp³-hybridized carbons (Fsp3) is 0.357. The third kappa shape index (κ3) is 3.04. The summed E-state index contributed by atoms with van der Waals surface area (Å²) in [5, 5.41) is 2.13. The van der Waals surface area contributed by atoms with Crippen molar-refractivity contribution in [2.45, 2.75) is 26.3 Å². The van der Waals surface area contributed by atoms with Gasteiger partial charge in [-0.3, -0.25) is 4.79 Å². The van der Waals surface area contributed by atoms with Crippen LogP contribution < -0.4 is 0 Å². The van der Waals surface area contributed by atoms with Gasteiger partial charge in [0, 0.05) is 22.6 Å². The molecule has 19 heavy (non-hydrogen) atoms. The SMILES string of the molecule is CCOC(=O)CC(C)n1ccc2c(Cl)cc(Cl)cc21. The Kier molecular flexibility index (Phi) is 4.38. The smallest absolute Gasteiger partial charge is 0.307 e. The van der Waals surface area contributed by atoms with Crippen molar-refractivity contribution < 1.29 is 9.53 Å². The van der Waals surface area contributed by atoms with Crippen molar-refractivity contribution in [3.05, 3.63) is 34.4 Å². The summed E-state index contributed by atoms with van der Waals surface area (Å²) in [6.45, 7) is 4.16.